The molecule has 0 unspecified atom stereocenters. The molecule has 0 bridgehead atoms. The Labute approximate surface area is 181 Å². The van der Waals surface area contributed by atoms with Crippen molar-refractivity contribution in [2.75, 3.05) is 14.2 Å². The Morgan fingerprint density at radius 3 is 2.37 bits per heavy atom. The van der Waals surface area contributed by atoms with Crippen LogP contribution >= 0.6 is 11.3 Å². The van der Waals surface area contributed by atoms with Gasteiger partial charge in [0.15, 0.2) is 11.5 Å². The summed E-state index contributed by atoms with van der Waals surface area (Å²) in [6, 6.07) is 14.7. The van der Waals surface area contributed by atoms with Crippen molar-refractivity contribution >= 4 is 17.2 Å². The van der Waals surface area contributed by atoms with Crippen LogP contribution in [0.1, 0.15) is 34.9 Å². The van der Waals surface area contributed by atoms with Gasteiger partial charge < -0.3 is 19.1 Å². The highest BCUT2D eigenvalue weighted by atomic mass is 32.1. The van der Waals surface area contributed by atoms with Crippen LogP contribution in [0.25, 0.3) is 0 Å². The van der Waals surface area contributed by atoms with Gasteiger partial charge in [0, 0.05) is 17.0 Å². The summed E-state index contributed by atoms with van der Waals surface area (Å²) in [6.45, 7) is 4.78. The zero-order valence-corrected chi connectivity index (χ0v) is 18.4. The van der Waals surface area contributed by atoms with Gasteiger partial charge in [0.05, 0.1) is 26.5 Å². The molecule has 0 radical (unpaired) electrons. The maximum atomic E-state index is 13.0. The first-order valence-electron chi connectivity index (χ1n) is 9.66. The maximum Gasteiger partial charge on any atom is 0.254 e. The number of nitrogens with zero attached hydrogens (tertiary/aromatic N) is 2. The average molecular weight is 427 g/mol. The predicted octanol–water partition coefficient (Wildman–Crippen LogP) is 4.79. The van der Waals surface area contributed by atoms with Gasteiger partial charge in [0.1, 0.15) is 17.4 Å². The third-order valence-corrected chi connectivity index (χ3v) is 5.44. The quantitative estimate of drug-likeness (QED) is 0.492. The van der Waals surface area contributed by atoms with Crippen molar-refractivity contribution in [1.82, 2.24) is 9.88 Å². The molecule has 0 fully saturated rings. The molecule has 0 spiro atoms. The van der Waals surface area contributed by atoms with E-state index in [-0.39, 0.29) is 11.9 Å². The van der Waals surface area contributed by atoms with Gasteiger partial charge in [-0.15, -0.1) is 11.3 Å². The molecule has 0 saturated carbocycles. The molecule has 1 heterocycles. The number of hydrogen-bond donors (Lipinski definition) is 0. The third kappa shape index (κ3) is 5.30. The van der Waals surface area contributed by atoms with Crippen LogP contribution in [0.3, 0.4) is 0 Å². The first kappa shape index (κ1) is 21.6. The summed E-state index contributed by atoms with van der Waals surface area (Å²) in [4.78, 5) is 19.5. The number of benzene rings is 2. The van der Waals surface area contributed by atoms with E-state index in [1.807, 2.05) is 48.4 Å². The second kappa shape index (κ2) is 10.1. The van der Waals surface area contributed by atoms with Crippen LogP contribution in [0.4, 0.5) is 0 Å². The molecule has 1 aromatic heterocycles. The van der Waals surface area contributed by atoms with Crippen LogP contribution in [-0.2, 0) is 13.2 Å². The van der Waals surface area contributed by atoms with E-state index in [9.17, 15) is 4.79 Å². The number of thiazole rings is 1. The molecule has 1 amide bonds. The van der Waals surface area contributed by atoms with E-state index in [0.717, 1.165) is 16.5 Å². The lowest BCUT2D eigenvalue weighted by molar-refractivity contribution is 0.0688. The molecule has 0 saturated heterocycles. The summed E-state index contributed by atoms with van der Waals surface area (Å²) in [6.07, 6.45) is 0. The first-order valence-corrected chi connectivity index (χ1v) is 10.5. The molecular formula is C23H26N2O4S. The zero-order chi connectivity index (χ0) is 21.5. The number of carbonyl (C=O) groups excluding carboxylic acids is 1. The molecule has 7 heteroatoms. The molecule has 0 aliphatic carbocycles. The van der Waals surface area contributed by atoms with E-state index < -0.39 is 0 Å². The molecule has 0 aliphatic heterocycles. The summed E-state index contributed by atoms with van der Waals surface area (Å²) in [5, 5.41) is 2.81. The molecule has 0 aliphatic rings. The highest BCUT2D eigenvalue weighted by Crippen LogP contribution is 2.27. The predicted molar refractivity (Wildman–Crippen MR) is 117 cm³/mol. The van der Waals surface area contributed by atoms with Crippen LogP contribution < -0.4 is 14.2 Å². The fourth-order valence-corrected chi connectivity index (χ4v) is 3.62. The lowest BCUT2D eigenvalue weighted by Gasteiger charge is -2.26. The number of carbonyl (C=O) groups is 1. The molecule has 2 aromatic carbocycles. The minimum absolute atomic E-state index is 0.0347. The van der Waals surface area contributed by atoms with E-state index in [0.29, 0.717) is 30.2 Å². The molecule has 6 nitrogen and oxygen atoms in total. The number of para-hydroxylation sites is 2. The van der Waals surface area contributed by atoms with Crippen molar-refractivity contribution < 1.29 is 19.0 Å². The lowest BCUT2D eigenvalue weighted by atomic mass is 10.1. The van der Waals surface area contributed by atoms with E-state index >= 15 is 0 Å². The van der Waals surface area contributed by atoms with Crippen LogP contribution in [0.5, 0.6) is 17.2 Å². The number of rotatable bonds is 9. The number of ether oxygens (including phenoxy) is 3. The smallest absolute Gasteiger partial charge is 0.254 e. The Morgan fingerprint density at radius 2 is 1.73 bits per heavy atom. The van der Waals surface area contributed by atoms with E-state index in [4.69, 9.17) is 14.2 Å². The van der Waals surface area contributed by atoms with E-state index in [1.165, 1.54) is 11.3 Å². The van der Waals surface area contributed by atoms with Crippen LogP contribution in [0.2, 0.25) is 0 Å². The normalized spacial score (nSPS) is 10.7. The monoisotopic (exact) mass is 426 g/mol. The number of methoxy groups -OCH3 is 2. The topological polar surface area (TPSA) is 60.9 Å². The van der Waals surface area contributed by atoms with Crippen molar-refractivity contribution in [1.29, 1.82) is 0 Å². The maximum absolute atomic E-state index is 13.0. The van der Waals surface area contributed by atoms with Crippen molar-refractivity contribution in [2.24, 2.45) is 0 Å². The number of amides is 1. The summed E-state index contributed by atoms with van der Waals surface area (Å²) in [7, 11) is 3.22. The van der Waals surface area contributed by atoms with Gasteiger partial charge in [-0.05, 0) is 50.2 Å². The largest absolute Gasteiger partial charge is 0.497 e. The summed E-state index contributed by atoms with van der Waals surface area (Å²) in [5.41, 5.74) is 1.47. The summed E-state index contributed by atoms with van der Waals surface area (Å²) in [5.74, 6) is 2.05. The molecule has 0 N–H and O–H groups in total. The molecule has 0 atom stereocenters. The minimum atomic E-state index is -0.0347. The molecular weight excluding hydrogens is 400 g/mol. The molecule has 158 valence electrons. The lowest BCUT2D eigenvalue weighted by Crippen LogP contribution is -2.36. The first-order chi connectivity index (χ1) is 14.5. The number of aromatic nitrogens is 1. The Morgan fingerprint density at radius 1 is 1.03 bits per heavy atom. The third-order valence-electron chi connectivity index (χ3n) is 4.57. The highest BCUT2D eigenvalue weighted by molar-refractivity contribution is 7.09. The Kier molecular flexibility index (Phi) is 7.30. The van der Waals surface area contributed by atoms with Crippen molar-refractivity contribution in [3.63, 3.8) is 0 Å². The van der Waals surface area contributed by atoms with Gasteiger partial charge in [0.25, 0.3) is 5.91 Å². The van der Waals surface area contributed by atoms with Gasteiger partial charge in [-0.3, -0.25) is 4.79 Å². The number of hydrogen-bond acceptors (Lipinski definition) is 6. The van der Waals surface area contributed by atoms with E-state index in [2.05, 4.69) is 4.98 Å². The molecule has 30 heavy (non-hydrogen) atoms. The van der Waals surface area contributed by atoms with Crippen LogP contribution in [-0.4, -0.2) is 36.1 Å². The molecule has 3 rings (SSSR count). The summed E-state index contributed by atoms with van der Waals surface area (Å²) >= 11 is 1.52. The standard InChI is InChI=1S/C23H26N2O4S/c1-16(2)25(23(26)17-9-11-19(27-3)12-10-17)13-18-15-30-22(24-18)14-29-21-8-6-5-7-20(21)28-4/h5-12,15-16H,13-14H2,1-4H3. The fraction of sp³-hybridized carbons (Fsp3) is 0.304. The zero-order valence-electron chi connectivity index (χ0n) is 17.6. The molecule has 3 aromatic rings. The average Bonchev–Trinajstić information content (AvgIpc) is 3.23. The summed E-state index contributed by atoms with van der Waals surface area (Å²) < 4.78 is 16.3. The van der Waals surface area contributed by atoms with Gasteiger partial charge >= 0.3 is 0 Å². The van der Waals surface area contributed by atoms with Gasteiger partial charge in [-0.25, -0.2) is 4.98 Å². The van der Waals surface area contributed by atoms with Gasteiger partial charge in [0.2, 0.25) is 0 Å². The van der Waals surface area contributed by atoms with Gasteiger partial charge in [-0.2, -0.15) is 0 Å². The van der Waals surface area contributed by atoms with Crippen molar-refractivity contribution in [3.8, 4) is 17.2 Å². The SMILES string of the molecule is COc1ccc(C(=O)N(Cc2csc(COc3ccccc3OC)n2)C(C)C)cc1. The Hall–Kier alpha value is -3.06. The van der Waals surface area contributed by atoms with Crippen LogP contribution in [0, 0.1) is 0 Å². The fourth-order valence-electron chi connectivity index (χ4n) is 2.93. The highest BCUT2D eigenvalue weighted by Gasteiger charge is 2.20. The Bertz CT molecular complexity index is 969. The minimum Gasteiger partial charge on any atom is -0.497 e. The van der Waals surface area contributed by atoms with Crippen molar-refractivity contribution in [3.05, 3.63) is 70.2 Å². The van der Waals surface area contributed by atoms with E-state index in [1.54, 1.807) is 38.5 Å². The van der Waals surface area contributed by atoms with Crippen LogP contribution in [0.15, 0.2) is 53.9 Å². The van der Waals surface area contributed by atoms with Gasteiger partial charge in [-0.1, -0.05) is 12.1 Å². The second-order valence-electron chi connectivity index (χ2n) is 6.93. The second-order valence-corrected chi connectivity index (χ2v) is 7.87. The Balaban J connectivity index is 1.66. The van der Waals surface area contributed by atoms with Crippen molar-refractivity contribution in [2.45, 2.75) is 33.0 Å².